The summed E-state index contributed by atoms with van der Waals surface area (Å²) in [7, 11) is 0. The predicted molar refractivity (Wildman–Crippen MR) is 102 cm³/mol. The van der Waals surface area contributed by atoms with Crippen LogP contribution in [0.2, 0.25) is 5.02 Å². The molecular formula is C20H17ClFN3O. The van der Waals surface area contributed by atoms with Crippen LogP contribution in [0.1, 0.15) is 11.1 Å². The number of benzene rings is 2. The molecule has 26 heavy (non-hydrogen) atoms. The smallest absolute Gasteiger partial charge is 0.228 e. The molecule has 132 valence electrons. The lowest BCUT2D eigenvalue weighted by molar-refractivity contribution is -0.115. The average molecular weight is 370 g/mol. The Morgan fingerprint density at radius 2 is 1.92 bits per heavy atom. The number of hydrogen-bond donors (Lipinski definition) is 2. The fourth-order valence-corrected chi connectivity index (χ4v) is 2.62. The average Bonchev–Trinajstić information content (AvgIpc) is 2.62. The maximum atomic E-state index is 13.6. The van der Waals surface area contributed by atoms with Crippen molar-refractivity contribution in [3.63, 3.8) is 0 Å². The Morgan fingerprint density at radius 3 is 2.65 bits per heavy atom. The van der Waals surface area contributed by atoms with E-state index >= 15 is 0 Å². The number of carbonyl (C=O) groups is 1. The summed E-state index contributed by atoms with van der Waals surface area (Å²) in [5.41, 5.74) is 2.69. The van der Waals surface area contributed by atoms with Crippen molar-refractivity contribution in [1.82, 2.24) is 4.98 Å². The quantitative estimate of drug-likeness (QED) is 0.657. The lowest BCUT2D eigenvalue weighted by atomic mass is 10.1. The Morgan fingerprint density at radius 1 is 1.12 bits per heavy atom. The van der Waals surface area contributed by atoms with Gasteiger partial charge in [0, 0.05) is 10.7 Å². The highest BCUT2D eigenvalue weighted by atomic mass is 35.5. The second-order valence-electron chi connectivity index (χ2n) is 5.79. The number of hydrogen-bond acceptors (Lipinski definition) is 3. The third-order valence-corrected chi connectivity index (χ3v) is 4.30. The molecule has 0 aliphatic rings. The summed E-state index contributed by atoms with van der Waals surface area (Å²) in [5, 5.41) is 6.57. The van der Waals surface area contributed by atoms with Crippen LogP contribution in [0.15, 0.2) is 60.8 Å². The Balaban J connectivity index is 1.63. The first-order valence-corrected chi connectivity index (χ1v) is 8.42. The Bertz CT molecular complexity index is 929. The van der Waals surface area contributed by atoms with Gasteiger partial charge in [0.25, 0.3) is 0 Å². The second-order valence-corrected chi connectivity index (χ2v) is 6.19. The van der Waals surface area contributed by atoms with Crippen molar-refractivity contribution in [1.29, 1.82) is 0 Å². The first kappa shape index (κ1) is 17.9. The molecule has 6 heteroatoms. The number of nitrogens with one attached hydrogen (secondary N) is 2. The lowest BCUT2D eigenvalue weighted by Crippen LogP contribution is -2.15. The normalized spacial score (nSPS) is 10.4. The number of carbonyl (C=O) groups excluding carboxylic acids is 1. The highest BCUT2D eigenvalue weighted by Gasteiger charge is 2.08. The van der Waals surface area contributed by atoms with E-state index in [0.29, 0.717) is 22.1 Å². The molecule has 2 N–H and O–H groups in total. The molecular weight excluding hydrogens is 353 g/mol. The second kappa shape index (κ2) is 7.97. The van der Waals surface area contributed by atoms with Crippen molar-refractivity contribution in [2.75, 3.05) is 10.6 Å². The van der Waals surface area contributed by atoms with E-state index < -0.39 is 5.82 Å². The van der Waals surface area contributed by atoms with Crippen molar-refractivity contribution in [2.24, 2.45) is 0 Å². The third kappa shape index (κ3) is 4.37. The topological polar surface area (TPSA) is 54.0 Å². The van der Waals surface area contributed by atoms with Crippen molar-refractivity contribution in [2.45, 2.75) is 13.3 Å². The number of rotatable bonds is 5. The van der Waals surface area contributed by atoms with E-state index in [4.69, 9.17) is 11.6 Å². The van der Waals surface area contributed by atoms with Crippen LogP contribution in [0, 0.1) is 12.7 Å². The van der Waals surface area contributed by atoms with E-state index in [1.807, 2.05) is 25.1 Å². The summed E-state index contributed by atoms with van der Waals surface area (Å²) in [4.78, 5) is 16.3. The molecule has 1 amide bonds. The molecule has 1 aromatic heterocycles. The van der Waals surface area contributed by atoms with Crippen LogP contribution in [0.3, 0.4) is 0 Å². The van der Waals surface area contributed by atoms with Crippen molar-refractivity contribution < 1.29 is 9.18 Å². The number of aromatic nitrogens is 1. The van der Waals surface area contributed by atoms with Gasteiger partial charge in [-0.3, -0.25) is 4.79 Å². The van der Waals surface area contributed by atoms with Gasteiger partial charge in [0.2, 0.25) is 5.91 Å². The SMILES string of the molecule is Cc1c(Cl)cccc1Nc1ccc(NC(=O)Cc2ccccc2F)cn1. The highest BCUT2D eigenvalue weighted by Crippen LogP contribution is 2.25. The predicted octanol–water partition coefficient (Wildman–Crippen LogP) is 5.11. The van der Waals surface area contributed by atoms with Gasteiger partial charge in [0.05, 0.1) is 18.3 Å². The molecule has 2 aromatic carbocycles. The van der Waals surface area contributed by atoms with Crippen molar-refractivity contribution in [3.8, 4) is 0 Å². The van der Waals surface area contributed by atoms with Crippen LogP contribution in [-0.4, -0.2) is 10.9 Å². The standard InChI is InChI=1S/C20H17ClFN3O/c1-13-16(21)6-4-8-18(13)25-19-10-9-15(12-23-19)24-20(26)11-14-5-2-3-7-17(14)22/h2-10,12H,11H2,1H3,(H,23,25)(H,24,26). The number of halogens is 2. The number of anilines is 3. The fraction of sp³-hybridized carbons (Fsp3) is 0.100. The van der Waals surface area contributed by atoms with Crippen LogP contribution in [-0.2, 0) is 11.2 Å². The van der Waals surface area contributed by atoms with E-state index in [0.717, 1.165) is 11.3 Å². The minimum atomic E-state index is -0.391. The molecule has 3 rings (SSSR count). The largest absolute Gasteiger partial charge is 0.340 e. The Kier molecular flexibility index (Phi) is 5.49. The van der Waals surface area contributed by atoms with Gasteiger partial charge in [0.1, 0.15) is 11.6 Å². The van der Waals surface area contributed by atoms with Gasteiger partial charge < -0.3 is 10.6 Å². The molecule has 0 unspecified atom stereocenters. The molecule has 3 aromatic rings. The van der Waals surface area contributed by atoms with E-state index in [9.17, 15) is 9.18 Å². The molecule has 0 saturated carbocycles. The van der Waals surface area contributed by atoms with E-state index in [2.05, 4.69) is 15.6 Å². The van der Waals surface area contributed by atoms with Gasteiger partial charge in [-0.2, -0.15) is 0 Å². The monoisotopic (exact) mass is 369 g/mol. The van der Waals surface area contributed by atoms with Crippen LogP contribution >= 0.6 is 11.6 Å². The zero-order valence-electron chi connectivity index (χ0n) is 14.1. The molecule has 0 aliphatic carbocycles. The maximum Gasteiger partial charge on any atom is 0.228 e. The number of pyridine rings is 1. The first-order chi connectivity index (χ1) is 12.5. The van der Waals surface area contributed by atoms with Crippen LogP contribution in [0.25, 0.3) is 0 Å². The van der Waals surface area contributed by atoms with E-state index in [-0.39, 0.29) is 12.3 Å². The lowest BCUT2D eigenvalue weighted by Gasteiger charge is -2.11. The number of amides is 1. The molecule has 0 saturated heterocycles. The van der Waals surface area contributed by atoms with Crippen molar-refractivity contribution in [3.05, 3.63) is 82.8 Å². The zero-order valence-corrected chi connectivity index (χ0v) is 14.8. The van der Waals surface area contributed by atoms with Crippen LogP contribution in [0.4, 0.5) is 21.6 Å². The molecule has 0 bridgehead atoms. The Labute approximate surface area is 156 Å². The summed E-state index contributed by atoms with van der Waals surface area (Å²) < 4.78 is 13.6. The summed E-state index contributed by atoms with van der Waals surface area (Å²) >= 11 is 6.11. The molecule has 0 spiro atoms. The summed E-state index contributed by atoms with van der Waals surface area (Å²) in [5.74, 6) is -0.0667. The van der Waals surface area contributed by atoms with E-state index in [1.54, 1.807) is 36.5 Å². The van der Waals surface area contributed by atoms with Gasteiger partial charge in [-0.05, 0) is 48.4 Å². The van der Waals surface area contributed by atoms with Gasteiger partial charge in [-0.15, -0.1) is 0 Å². The van der Waals surface area contributed by atoms with Crippen LogP contribution < -0.4 is 10.6 Å². The fourth-order valence-electron chi connectivity index (χ4n) is 2.44. The van der Waals surface area contributed by atoms with Crippen molar-refractivity contribution >= 4 is 34.7 Å². The van der Waals surface area contributed by atoms with Gasteiger partial charge >= 0.3 is 0 Å². The minimum absolute atomic E-state index is 0.0333. The molecule has 0 aliphatic heterocycles. The summed E-state index contributed by atoms with van der Waals surface area (Å²) in [6, 6.07) is 15.3. The summed E-state index contributed by atoms with van der Waals surface area (Å²) in [6.45, 7) is 1.92. The maximum absolute atomic E-state index is 13.6. The Hall–Kier alpha value is -2.92. The molecule has 0 radical (unpaired) electrons. The molecule has 0 fully saturated rings. The highest BCUT2D eigenvalue weighted by molar-refractivity contribution is 6.31. The molecule has 0 atom stereocenters. The third-order valence-electron chi connectivity index (χ3n) is 3.89. The van der Waals surface area contributed by atoms with Crippen LogP contribution in [0.5, 0.6) is 0 Å². The van der Waals surface area contributed by atoms with Gasteiger partial charge in [-0.1, -0.05) is 35.9 Å². The zero-order chi connectivity index (χ0) is 18.5. The summed E-state index contributed by atoms with van der Waals surface area (Å²) in [6.07, 6.45) is 1.51. The van der Waals surface area contributed by atoms with Gasteiger partial charge in [0.15, 0.2) is 0 Å². The van der Waals surface area contributed by atoms with E-state index in [1.165, 1.54) is 6.07 Å². The minimum Gasteiger partial charge on any atom is -0.340 e. The molecule has 1 heterocycles. The molecule has 4 nitrogen and oxygen atoms in total. The number of nitrogens with zero attached hydrogens (tertiary/aromatic N) is 1. The first-order valence-electron chi connectivity index (χ1n) is 8.04. The van der Waals surface area contributed by atoms with Gasteiger partial charge in [-0.25, -0.2) is 9.37 Å².